The lowest BCUT2D eigenvalue weighted by Crippen LogP contribution is -2.30. The number of aromatic nitrogens is 1. The summed E-state index contributed by atoms with van der Waals surface area (Å²) in [4.78, 5) is 41.1. The molecule has 0 unspecified atom stereocenters. The van der Waals surface area contributed by atoms with Gasteiger partial charge in [-0.2, -0.15) is 0 Å². The Morgan fingerprint density at radius 3 is 2.50 bits per heavy atom. The monoisotopic (exact) mass is 395 g/mol. The molecule has 0 spiro atoms. The first-order valence-electron chi connectivity index (χ1n) is 8.26. The minimum atomic E-state index is -0.911. The Labute approximate surface area is 162 Å². The lowest BCUT2D eigenvalue weighted by atomic mass is 9.97. The molecule has 0 saturated carbocycles. The molecule has 0 saturated heterocycles. The van der Waals surface area contributed by atoms with Gasteiger partial charge in [0.2, 0.25) is 0 Å². The molecule has 1 atom stereocenters. The van der Waals surface area contributed by atoms with E-state index >= 15 is 0 Å². The van der Waals surface area contributed by atoms with Gasteiger partial charge in [-0.25, -0.2) is 4.98 Å². The molecule has 2 aromatic carbocycles. The van der Waals surface area contributed by atoms with Crippen LogP contribution in [-0.4, -0.2) is 26.7 Å². The summed E-state index contributed by atoms with van der Waals surface area (Å²) < 4.78 is 0.850. The van der Waals surface area contributed by atoms with Crippen LogP contribution >= 0.6 is 11.3 Å². The first-order chi connectivity index (χ1) is 13.4. The smallest absolute Gasteiger partial charge is 0.296 e. The summed E-state index contributed by atoms with van der Waals surface area (Å²) >= 11 is 1.26. The lowest BCUT2D eigenvalue weighted by Gasteiger charge is -2.24. The van der Waals surface area contributed by atoms with Crippen molar-refractivity contribution in [2.24, 2.45) is 0 Å². The molecular formula is C19H13N3O5S. The first kappa shape index (κ1) is 17.8. The van der Waals surface area contributed by atoms with Crippen molar-refractivity contribution in [2.75, 3.05) is 4.90 Å². The molecule has 8 nitrogen and oxygen atoms in total. The molecule has 2 heterocycles. The van der Waals surface area contributed by atoms with Crippen LogP contribution in [0.15, 0.2) is 59.9 Å². The number of nitrogens with zero attached hydrogens (tertiary/aromatic N) is 3. The van der Waals surface area contributed by atoms with E-state index in [1.807, 2.05) is 18.2 Å². The van der Waals surface area contributed by atoms with Gasteiger partial charge < -0.3 is 5.11 Å². The highest BCUT2D eigenvalue weighted by molar-refractivity contribution is 7.22. The van der Waals surface area contributed by atoms with E-state index in [0.717, 1.165) is 4.70 Å². The van der Waals surface area contributed by atoms with Crippen LogP contribution in [0.1, 0.15) is 18.5 Å². The number of carbonyl (C=O) groups excluding carboxylic acids is 2. The number of nitro benzene ring substituents is 1. The maximum Gasteiger partial charge on any atom is 0.296 e. The molecule has 3 aromatic rings. The van der Waals surface area contributed by atoms with Crippen LogP contribution in [0.4, 0.5) is 10.8 Å². The van der Waals surface area contributed by atoms with Crippen molar-refractivity contribution >= 4 is 44.1 Å². The van der Waals surface area contributed by atoms with Crippen LogP contribution in [0.25, 0.3) is 10.2 Å². The van der Waals surface area contributed by atoms with Crippen molar-refractivity contribution in [1.82, 2.24) is 4.98 Å². The average Bonchev–Trinajstić information content (AvgIpc) is 3.20. The van der Waals surface area contributed by atoms with Crippen LogP contribution in [0, 0.1) is 10.1 Å². The number of anilines is 1. The van der Waals surface area contributed by atoms with Crippen LogP contribution in [-0.2, 0) is 9.59 Å². The highest BCUT2D eigenvalue weighted by atomic mass is 32.1. The largest absolute Gasteiger partial charge is 0.503 e. The minimum Gasteiger partial charge on any atom is -0.503 e. The Hall–Kier alpha value is -3.59. The van der Waals surface area contributed by atoms with Gasteiger partial charge in [0.25, 0.3) is 11.6 Å². The number of aliphatic hydroxyl groups is 1. The third-order valence-corrected chi connectivity index (χ3v) is 5.53. The summed E-state index contributed by atoms with van der Waals surface area (Å²) in [7, 11) is 0. The number of non-ortho nitro benzene ring substituents is 1. The summed E-state index contributed by atoms with van der Waals surface area (Å²) in [6.45, 7) is 1.26. The normalized spacial score (nSPS) is 16.8. The molecule has 9 heteroatoms. The maximum atomic E-state index is 12.8. The highest BCUT2D eigenvalue weighted by Gasteiger charge is 2.44. The second-order valence-corrected chi connectivity index (χ2v) is 7.22. The first-order valence-corrected chi connectivity index (χ1v) is 9.07. The minimum absolute atomic E-state index is 0.0573. The van der Waals surface area contributed by atoms with Crippen LogP contribution in [0.3, 0.4) is 0 Å². The number of thiazole rings is 1. The van der Waals surface area contributed by atoms with Crippen molar-refractivity contribution in [3.63, 3.8) is 0 Å². The second-order valence-electron chi connectivity index (χ2n) is 6.21. The van der Waals surface area contributed by atoms with E-state index < -0.39 is 28.4 Å². The number of ketones is 1. The molecule has 0 radical (unpaired) electrons. The highest BCUT2D eigenvalue weighted by Crippen LogP contribution is 2.43. The molecular weight excluding hydrogens is 382 g/mol. The van der Waals surface area contributed by atoms with E-state index in [0.29, 0.717) is 16.2 Å². The Morgan fingerprint density at radius 1 is 1.21 bits per heavy atom. The molecule has 1 aromatic heterocycles. The van der Waals surface area contributed by atoms with Crippen LogP contribution < -0.4 is 4.90 Å². The molecule has 1 amide bonds. The van der Waals surface area contributed by atoms with E-state index in [9.17, 15) is 24.8 Å². The number of nitro groups is 1. The quantitative estimate of drug-likeness (QED) is 0.532. The predicted molar refractivity (Wildman–Crippen MR) is 103 cm³/mol. The van der Waals surface area contributed by atoms with Crippen molar-refractivity contribution in [3.05, 3.63) is 75.5 Å². The standard InChI is InChI=1S/C19H13N3O5S/c1-10(23)15-16(11-6-8-12(9-7-11)22(26)27)21(18(25)17(15)24)19-20-13-4-2-3-5-14(13)28-19/h2-9,16,24H,1H3/t16-/m0/s1. The molecule has 1 aliphatic rings. The van der Waals surface area contributed by atoms with Crippen molar-refractivity contribution < 1.29 is 19.6 Å². The van der Waals surface area contributed by atoms with Crippen molar-refractivity contribution in [1.29, 1.82) is 0 Å². The zero-order valence-electron chi connectivity index (χ0n) is 14.5. The number of Topliss-reactive ketones (excluding diaryl/α,β-unsaturated/α-hetero) is 1. The van der Waals surface area contributed by atoms with Gasteiger partial charge in [0, 0.05) is 12.1 Å². The van der Waals surface area contributed by atoms with Gasteiger partial charge in [0.05, 0.1) is 26.8 Å². The van der Waals surface area contributed by atoms with Gasteiger partial charge in [-0.1, -0.05) is 23.5 Å². The summed E-state index contributed by atoms with van der Waals surface area (Å²) in [5, 5.41) is 21.6. The fourth-order valence-electron chi connectivity index (χ4n) is 3.22. The molecule has 1 N–H and O–H groups in total. The van der Waals surface area contributed by atoms with Gasteiger partial charge in [0.1, 0.15) is 0 Å². The van der Waals surface area contributed by atoms with Crippen molar-refractivity contribution in [2.45, 2.75) is 13.0 Å². The van der Waals surface area contributed by atoms with E-state index in [4.69, 9.17) is 0 Å². The number of fused-ring (bicyclic) bond motifs is 1. The van der Waals surface area contributed by atoms with Crippen LogP contribution in [0.5, 0.6) is 0 Å². The van der Waals surface area contributed by atoms with Gasteiger partial charge in [-0.3, -0.25) is 24.6 Å². The molecule has 4 rings (SSSR count). The van der Waals surface area contributed by atoms with Crippen LogP contribution in [0.2, 0.25) is 0 Å². The topological polar surface area (TPSA) is 114 Å². The molecule has 28 heavy (non-hydrogen) atoms. The number of rotatable bonds is 4. The number of carbonyl (C=O) groups is 2. The number of hydrogen-bond acceptors (Lipinski definition) is 7. The van der Waals surface area contributed by atoms with Gasteiger partial charge in [-0.05, 0) is 36.8 Å². The zero-order valence-corrected chi connectivity index (χ0v) is 15.3. The number of para-hydroxylation sites is 1. The Morgan fingerprint density at radius 2 is 1.89 bits per heavy atom. The SMILES string of the molecule is CC(=O)C1=C(O)C(=O)N(c2nc3ccccc3s2)[C@H]1c1ccc([N+](=O)[O-])cc1. The van der Waals surface area contributed by atoms with E-state index in [-0.39, 0.29) is 11.3 Å². The lowest BCUT2D eigenvalue weighted by molar-refractivity contribution is -0.384. The summed E-state index contributed by atoms with van der Waals surface area (Å²) in [5.74, 6) is -1.82. The van der Waals surface area contributed by atoms with Crippen molar-refractivity contribution in [3.8, 4) is 0 Å². The fraction of sp³-hybridized carbons (Fsp3) is 0.105. The zero-order chi connectivity index (χ0) is 20.0. The van der Waals surface area contributed by atoms with E-state index in [2.05, 4.69) is 4.98 Å². The Balaban J connectivity index is 1.87. The number of aliphatic hydroxyl groups excluding tert-OH is 1. The summed E-state index contributed by atoms with van der Waals surface area (Å²) in [5.41, 5.74) is 0.983. The molecule has 140 valence electrons. The van der Waals surface area contributed by atoms with Gasteiger partial charge in [-0.15, -0.1) is 0 Å². The predicted octanol–water partition coefficient (Wildman–Crippen LogP) is 3.69. The van der Waals surface area contributed by atoms with E-state index in [1.165, 1.54) is 47.4 Å². The number of benzene rings is 2. The molecule has 0 fully saturated rings. The Bertz CT molecular complexity index is 1130. The number of hydrogen-bond donors (Lipinski definition) is 1. The number of amides is 1. The maximum absolute atomic E-state index is 12.8. The van der Waals surface area contributed by atoms with Gasteiger partial charge >= 0.3 is 0 Å². The third kappa shape index (κ3) is 2.72. The Kier molecular flexibility index (Phi) is 4.16. The molecule has 1 aliphatic heterocycles. The fourth-order valence-corrected chi connectivity index (χ4v) is 4.21. The average molecular weight is 395 g/mol. The summed E-state index contributed by atoms with van der Waals surface area (Å²) in [6, 6.07) is 11.9. The van der Waals surface area contributed by atoms with E-state index in [1.54, 1.807) is 6.07 Å². The third-order valence-electron chi connectivity index (χ3n) is 4.50. The second kappa shape index (κ2) is 6.54. The molecule has 0 aliphatic carbocycles. The van der Waals surface area contributed by atoms with Gasteiger partial charge in [0.15, 0.2) is 16.7 Å². The summed E-state index contributed by atoms with van der Waals surface area (Å²) in [6.07, 6.45) is 0. The molecule has 0 bridgehead atoms.